The molecule has 2 N–H and O–H groups in total. The van der Waals surface area contributed by atoms with Gasteiger partial charge in [-0.1, -0.05) is 20.8 Å². The van der Waals surface area contributed by atoms with Gasteiger partial charge in [-0.2, -0.15) is 0 Å². The first-order valence-electron chi connectivity index (χ1n) is 7.93. The van der Waals surface area contributed by atoms with Crippen LogP contribution in [0, 0.1) is 5.41 Å². The second kappa shape index (κ2) is 7.42. The van der Waals surface area contributed by atoms with Crippen molar-refractivity contribution in [2.45, 2.75) is 20.8 Å². The van der Waals surface area contributed by atoms with Crippen molar-refractivity contribution in [2.75, 3.05) is 43.6 Å². The highest BCUT2D eigenvalue weighted by Gasteiger charge is 2.16. The minimum absolute atomic E-state index is 0.115. The van der Waals surface area contributed by atoms with Gasteiger partial charge in [0.2, 0.25) is 5.91 Å². The summed E-state index contributed by atoms with van der Waals surface area (Å²) in [5, 5.41) is 5.16. The van der Waals surface area contributed by atoms with Crippen molar-refractivity contribution in [1.82, 2.24) is 5.32 Å². The highest BCUT2D eigenvalue weighted by atomic mass is 16.5. The van der Waals surface area contributed by atoms with Crippen LogP contribution in [0.15, 0.2) is 18.2 Å². The van der Waals surface area contributed by atoms with Crippen LogP contribution in [0.25, 0.3) is 0 Å². The third kappa shape index (κ3) is 5.33. The molecule has 7 nitrogen and oxygen atoms in total. The number of likely N-dealkylation sites (N-methyl/N-ethyl adjacent to an activating group) is 1. The third-order valence-electron chi connectivity index (χ3n) is 3.37. The Hall–Kier alpha value is -2.44. The van der Waals surface area contributed by atoms with Gasteiger partial charge in [-0.05, 0) is 17.5 Å². The number of hydrogen-bond acceptors (Lipinski definition) is 5. The average Bonchev–Trinajstić information content (AvgIpc) is 2.50. The summed E-state index contributed by atoms with van der Waals surface area (Å²) in [5.41, 5.74) is 1.50. The van der Waals surface area contributed by atoms with Crippen LogP contribution in [0.1, 0.15) is 20.8 Å². The predicted octanol–water partition coefficient (Wildman–Crippen LogP) is 2.23. The monoisotopic (exact) mass is 335 g/mol. The maximum Gasteiger partial charge on any atom is 0.407 e. The van der Waals surface area contributed by atoms with E-state index in [0.29, 0.717) is 12.3 Å². The lowest BCUT2D eigenvalue weighted by Gasteiger charge is -2.27. The second-order valence-corrected chi connectivity index (χ2v) is 6.99. The van der Waals surface area contributed by atoms with Gasteiger partial charge in [0, 0.05) is 18.8 Å². The number of ether oxygens (including phenoxy) is 2. The molecular formula is C17H25N3O4. The maximum absolute atomic E-state index is 11.9. The second-order valence-electron chi connectivity index (χ2n) is 6.99. The van der Waals surface area contributed by atoms with E-state index in [9.17, 15) is 9.59 Å². The summed E-state index contributed by atoms with van der Waals surface area (Å²) >= 11 is 0. The Morgan fingerprint density at radius 1 is 1.33 bits per heavy atom. The van der Waals surface area contributed by atoms with E-state index in [0.717, 1.165) is 18.0 Å². The van der Waals surface area contributed by atoms with E-state index in [1.807, 2.05) is 33.9 Å². The summed E-state index contributed by atoms with van der Waals surface area (Å²) in [4.78, 5) is 25.5. The molecule has 0 fully saturated rings. The van der Waals surface area contributed by atoms with E-state index in [2.05, 4.69) is 15.5 Å². The molecule has 0 saturated heterocycles. The Kier molecular flexibility index (Phi) is 5.54. The molecule has 0 unspecified atom stereocenters. The van der Waals surface area contributed by atoms with Crippen molar-refractivity contribution in [3.63, 3.8) is 0 Å². The number of carbonyl (C=O) groups excluding carboxylic acids is 2. The molecule has 0 bridgehead atoms. The first kappa shape index (κ1) is 17.9. The van der Waals surface area contributed by atoms with E-state index in [1.165, 1.54) is 0 Å². The lowest BCUT2D eigenvalue weighted by atomic mass is 9.99. The van der Waals surface area contributed by atoms with Crippen LogP contribution in [-0.2, 0) is 9.53 Å². The number of nitrogens with zero attached hydrogens (tertiary/aromatic N) is 1. The van der Waals surface area contributed by atoms with Crippen LogP contribution in [-0.4, -0.2) is 45.4 Å². The van der Waals surface area contributed by atoms with Crippen molar-refractivity contribution >= 4 is 23.4 Å². The molecule has 1 aromatic rings. The van der Waals surface area contributed by atoms with Crippen LogP contribution in [0.4, 0.5) is 16.2 Å². The van der Waals surface area contributed by atoms with Gasteiger partial charge in [0.1, 0.15) is 18.9 Å². The quantitative estimate of drug-likeness (QED) is 0.882. The Morgan fingerprint density at radius 2 is 2.08 bits per heavy atom. The molecule has 2 amide bonds. The Labute approximate surface area is 142 Å². The van der Waals surface area contributed by atoms with E-state index >= 15 is 0 Å². The standard InChI is InChI=1S/C17H25N3O4/c1-17(2,3)11-24-16(22)18-10-15(21)19-12-5-6-13-14(9-12)23-8-7-20(13)4/h5-6,9H,7-8,10-11H2,1-4H3,(H,18,22)(H,19,21). The zero-order chi connectivity index (χ0) is 17.7. The number of anilines is 2. The summed E-state index contributed by atoms with van der Waals surface area (Å²) in [6.07, 6.45) is -0.601. The number of amides is 2. The molecule has 132 valence electrons. The Morgan fingerprint density at radius 3 is 2.79 bits per heavy atom. The number of benzene rings is 1. The van der Waals surface area contributed by atoms with E-state index in [4.69, 9.17) is 9.47 Å². The molecule has 0 aliphatic carbocycles. The molecule has 7 heteroatoms. The van der Waals surface area contributed by atoms with Crippen molar-refractivity contribution < 1.29 is 19.1 Å². The zero-order valence-corrected chi connectivity index (χ0v) is 14.6. The summed E-state index contributed by atoms with van der Waals surface area (Å²) < 4.78 is 10.6. The molecular weight excluding hydrogens is 310 g/mol. The number of alkyl carbamates (subject to hydrolysis) is 1. The predicted molar refractivity (Wildman–Crippen MR) is 92.6 cm³/mol. The van der Waals surface area contributed by atoms with Gasteiger partial charge < -0.3 is 25.0 Å². The maximum atomic E-state index is 11.9. The summed E-state index contributed by atoms with van der Waals surface area (Å²) in [5.74, 6) is 0.408. The van der Waals surface area contributed by atoms with Gasteiger partial charge in [-0.3, -0.25) is 4.79 Å². The van der Waals surface area contributed by atoms with Crippen LogP contribution >= 0.6 is 0 Å². The van der Waals surface area contributed by atoms with Gasteiger partial charge in [0.25, 0.3) is 0 Å². The number of hydrogen-bond donors (Lipinski definition) is 2. The fraction of sp³-hybridized carbons (Fsp3) is 0.529. The summed E-state index contributed by atoms with van der Waals surface area (Å²) in [6, 6.07) is 5.48. The lowest BCUT2D eigenvalue weighted by molar-refractivity contribution is -0.115. The summed E-state index contributed by atoms with van der Waals surface area (Å²) in [7, 11) is 1.99. The van der Waals surface area contributed by atoms with Gasteiger partial charge in [0.15, 0.2) is 0 Å². The molecule has 1 heterocycles. The van der Waals surface area contributed by atoms with Crippen molar-refractivity contribution in [3.05, 3.63) is 18.2 Å². The summed E-state index contributed by atoms with van der Waals surface area (Å²) in [6.45, 7) is 7.46. The fourth-order valence-electron chi connectivity index (χ4n) is 2.13. The minimum Gasteiger partial charge on any atom is -0.489 e. The van der Waals surface area contributed by atoms with Crippen molar-refractivity contribution in [2.24, 2.45) is 5.41 Å². The molecule has 0 aromatic heterocycles. The van der Waals surface area contributed by atoms with Gasteiger partial charge >= 0.3 is 6.09 Å². The van der Waals surface area contributed by atoms with Crippen molar-refractivity contribution in [3.8, 4) is 5.75 Å². The molecule has 24 heavy (non-hydrogen) atoms. The van der Waals surface area contributed by atoms with Gasteiger partial charge in [0.05, 0.1) is 18.8 Å². The van der Waals surface area contributed by atoms with Crippen LogP contribution in [0.5, 0.6) is 5.75 Å². The third-order valence-corrected chi connectivity index (χ3v) is 3.37. The van der Waals surface area contributed by atoms with E-state index in [-0.39, 0.29) is 24.5 Å². The Bertz CT molecular complexity index is 610. The highest BCUT2D eigenvalue weighted by molar-refractivity contribution is 5.94. The lowest BCUT2D eigenvalue weighted by Crippen LogP contribution is -2.34. The van der Waals surface area contributed by atoms with E-state index < -0.39 is 6.09 Å². The molecule has 0 atom stereocenters. The first-order chi connectivity index (χ1) is 11.2. The molecule has 0 saturated carbocycles. The van der Waals surface area contributed by atoms with E-state index in [1.54, 1.807) is 12.1 Å². The van der Waals surface area contributed by atoms with Crippen LogP contribution < -0.4 is 20.3 Å². The highest BCUT2D eigenvalue weighted by Crippen LogP contribution is 2.33. The minimum atomic E-state index is -0.601. The number of carbonyl (C=O) groups is 2. The molecule has 2 rings (SSSR count). The first-order valence-corrected chi connectivity index (χ1v) is 7.93. The fourth-order valence-corrected chi connectivity index (χ4v) is 2.13. The SMILES string of the molecule is CN1CCOc2cc(NC(=O)CNC(=O)OCC(C)(C)C)ccc21. The van der Waals surface area contributed by atoms with Crippen LogP contribution in [0.2, 0.25) is 0 Å². The molecule has 1 aromatic carbocycles. The Balaban J connectivity index is 1.81. The average molecular weight is 335 g/mol. The van der Waals surface area contributed by atoms with Gasteiger partial charge in [-0.25, -0.2) is 4.79 Å². The molecule has 1 aliphatic heterocycles. The number of fused-ring (bicyclic) bond motifs is 1. The van der Waals surface area contributed by atoms with Crippen LogP contribution in [0.3, 0.4) is 0 Å². The topological polar surface area (TPSA) is 79.9 Å². The molecule has 1 aliphatic rings. The van der Waals surface area contributed by atoms with Gasteiger partial charge in [-0.15, -0.1) is 0 Å². The number of nitrogens with one attached hydrogen (secondary N) is 2. The van der Waals surface area contributed by atoms with Crippen molar-refractivity contribution in [1.29, 1.82) is 0 Å². The normalized spacial score (nSPS) is 13.6. The molecule has 0 radical (unpaired) electrons. The number of rotatable bonds is 4. The smallest absolute Gasteiger partial charge is 0.407 e. The molecule has 0 spiro atoms. The zero-order valence-electron chi connectivity index (χ0n) is 14.6. The largest absolute Gasteiger partial charge is 0.489 e.